The number of para-hydroxylation sites is 2. The van der Waals surface area contributed by atoms with Gasteiger partial charge in [-0.2, -0.15) is 13.2 Å². The maximum absolute atomic E-state index is 13.7. The molecule has 7 nitrogen and oxygen atoms in total. The van der Waals surface area contributed by atoms with Crippen LogP contribution in [-0.4, -0.2) is 81.4 Å². The quantitative estimate of drug-likeness (QED) is 0.323. The van der Waals surface area contributed by atoms with Crippen LogP contribution in [0, 0.1) is 17.8 Å². The van der Waals surface area contributed by atoms with E-state index in [2.05, 4.69) is 34.4 Å². The SMILES string of the molecule is CC.CN1CCC2Nc3cccc4c3cc(n4CC(F)(F)F)C#CCNc3ccccc3OCCOCCOCCC2C1. The first-order valence-corrected chi connectivity index (χ1v) is 15.1. The Morgan fingerprint density at radius 3 is 2.49 bits per heavy atom. The van der Waals surface area contributed by atoms with Gasteiger partial charge in [0.2, 0.25) is 0 Å². The van der Waals surface area contributed by atoms with Crippen molar-refractivity contribution >= 4 is 22.3 Å². The Labute approximate surface area is 252 Å². The van der Waals surface area contributed by atoms with Crippen molar-refractivity contribution in [1.29, 1.82) is 0 Å². The molecule has 2 aliphatic heterocycles. The highest BCUT2D eigenvalue weighted by Crippen LogP contribution is 2.32. The predicted molar refractivity (Wildman–Crippen MR) is 166 cm³/mol. The first-order chi connectivity index (χ1) is 20.9. The van der Waals surface area contributed by atoms with Crippen LogP contribution in [-0.2, 0) is 16.0 Å². The summed E-state index contributed by atoms with van der Waals surface area (Å²) in [6.07, 6.45) is -2.58. The number of benzene rings is 2. The van der Waals surface area contributed by atoms with Crippen LogP contribution in [0.1, 0.15) is 32.4 Å². The van der Waals surface area contributed by atoms with Gasteiger partial charge in [0, 0.05) is 30.3 Å². The molecular formula is C33H43F3N4O3. The lowest BCUT2D eigenvalue weighted by Gasteiger charge is -2.38. The van der Waals surface area contributed by atoms with Crippen molar-refractivity contribution in [2.75, 3.05) is 70.3 Å². The first-order valence-electron chi connectivity index (χ1n) is 15.1. The highest BCUT2D eigenvalue weighted by Gasteiger charge is 2.31. The molecule has 3 aromatic rings. The molecule has 43 heavy (non-hydrogen) atoms. The molecule has 1 fully saturated rings. The predicted octanol–water partition coefficient (Wildman–Crippen LogP) is 6.24. The lowest BCUT2D eigenvalue weighted by molar-refractivity contribution is -0.140. The second-order valence-corrected chi connectivity index (χ2v) is 10.5. The molecule has 0 saturated carbocycles. The molecule has 1 aromatic heterocycles. The van der Waals surface area contributed by atoms with Crippen LogP contribution in [0.5, 0.6) is 5.75 Å². The van der Waals surface area contributed by atoms with Crippen LogP contribution < -0.4 is 15.4 Å². The highest BCUT2D eigenvalue weighted by atomic mass is 19.4. The summed E-state index contributed by atoms with van der Waals surface area (Å²) in [6, 6.07) is 14.9. The van der Waals surface area contributed by atoms with Gasteiger partial charge >= 0.3 is 6.18 Å². The van der Waals surface area contributed by atoms with Gasteiger partial charge < -0.3 is 34.3 Å². The van der Waals surface area contributed by atoms with Gasteiger partial charge in [-0.25, -0.2) is 0 Å². The number of hydrogen-bond donors (Lipinski definition) is 2. The number of nitrogens with zero attached hydrogens (tertiary/aromatic N) is 2. The average molecular weight is 601 g/mol. The zero-order valence-electron chi connectivity index (χ0n) is 25.3. The third-order valence-electron chi connectivity index (χ3n) is 7.52. The number of halogens is 3. The molecule has 5 rings (SSSR count). The largest absolute Gasteiger partial charge is 0.489 e. The van der Waals surface area contributed by atoms with E-state index in [0.29, 0.717) is 55.9 Å². The first kappa shape index (κ1) is 32.5. The molecule has 2 unspecified atom stereocenters. The fourth-order valence-corrected chi connectivity index (χ4v) is 5.54. The third-order valence-corrected chi connectivity index (χ3v) is 7.52. The molecular weight excluding hydrogens is 557 g/mol. The third kappa shape index (κ3) is 9.30. The fraction of sp³-hybridized carbons (Fsp3) is 0.515. The number of ether oxygens (including phenoxy) is 3. The van der Waals surface area contributed by atoms with Gasteiger partial charge in [-0.05, 0) is 68.6 Å². The standard InChI is InChI=1S/C31H37F3N4O3.C2H6/c1-37-14-11-26-23(21-37)12-15-39-16-17-40-18-19-41-30-10-3-2-7-28(30)35-13-5-6-24-20-25-27(36-26)8-4-9-29(25)38(24)22-31(32,33)34;1-2/h2-4,7-10,20,23,26,35-36H,11-19,21-22H2,1H3;1-2H3. The Balaban J connectivity index is 0.00000207. The van der Waals surface area contributed by atoms with Crippen LogP contribution in [0.15, 0.2) is 48.5 Å². The van der Waals surface area contributed by atoms with E-state index in [1.54, 1.807) is 12.1 Å². The summed E-state index contributed by atoms with van der Waals surface area (Å²) >= 11 is 0. The minimum Gasteiger partial charge on any atom is -0.489 e. The Kier molecular flexibility index (Phi) is 12.0. The second-order valence-electron chi connectivity index (χ2n) is 10.5. The topological polar surface area (TPSA) is 59.9 Å². The van der Waals surface area contributed by atoms with Gasteiger partial charge in [-0.1, -0.05) is 38.0 Å². The molecule has 0 amide bonds. The van der Waals surface area contributed by atoms with Crippen LogP contribution in [0.2, 0.25) is 0 Å². The monoisotopic (exact) mass is 600 g/mol. The molecule has 1 saturated heterocycles. The van der Waals surface area contributed by atoms with Crippen LogP contribution in [0.25, 0.3) is 10.9 Å². The number of nitrogens with one attached hydrogen (secondary N) is 2. The molecule has 2 atom stereocenters. The van der Waals surface area contributed by atoms with Gasteiger partial charge in [-0.3, -0.25) is 0 Å². The van der Waals surface area contributed by atoms with E-state index in [-0.39, 0.29) is 12.6 Å². The summed E-state index contributed by atoms with van der Waals surface area (Å²) in [7, 11) is 2.12. The molecule has 234 valence electrons. The summed E-state index contributed by atoms with van der Waals surface area (Å²) in [5, 5.41) is 7.64. The smallest absolute Gasteiger partial charge is 0.406 e. The number of aromatic nitrogens is 1. The van der Waals surface area contributed by atoms with E-state index in [9.17, 15) is 13.2 Å². The Hall–Kier alpha value is -3.39. The number of rotatable bonds is 1. The molecule has 2 N–H and O–H groups in total. The summed E-state index contributed by atoms with van der Waals surface area (Å²) in [6.45, 7) is 7.42. The van der Waals surface area contributed by atoms with Crippen LogP contribution >= 0.6 is 0 Å². The minimum atomic E-state index is -4.38. The van der Waals surface area contributed by atoms with E-state index < -0.39 is 12.7 Å². The summed E-state index contributed by atoms with van der Waals surface area (Å²) < 4.78 is 59.7. The molecule has 3 heterocycles. The van der Waals surface area contributed by atoms with Gasteiger partial charge in [0.15, 0.2) is 0 Å². The van der Waals surface area contributed by atoms with Crippen molar-refractivity contribution in [3.63, 3.8) is 0 Å². The lowest BCUT2D eigenvalue weighted by Crippen LogP contribution is -2.45. The van der Waals surface area contributed by atoms with Crippen molar-refractivity contribution in [1.82, 2.24) is 9.47 Å². The maximum Gasteiger partial charge on any atom is 0.406 e. The van der Waals surface area contributed by atoms with Gasteiger partial charge in [0.1, 0.15) is 18.9 Å². The molecule has 0 aliphatic carbocycles. The maximum atomic E-state index is 13.7. The van der Waals surface area contributed by atoms with Crippen molar-refractivity contribution < 1.29 is 27.4 Å². The van der Waals surface area contributed by atoms with Gasteiger partial charge in [-0.15, -0.1) is 0 Å². The van der Waals surface area contributed by atoms with E-state index >= 15 is 0 Å². The molecule has 2 bridgehead atoms. The highest BCUT2D eigenvalue weighted by molar-refractivity contribution is 5.94. The van der Waals surface area contributed by atoms with E-state index in [1.165, 1.54) is 4.57 Å². The van der Waals surface area contributed by atoms with Gasteiger partial charge in [0.25, 0.3) is 0 Å². The Morgan fingerprint density at radius 2 is 1.67 bits per heavy atom. The van der Waals surface area contributed by atoms with Gasteiger partial charge in [0.05, 0.1) is 43.3 Å². The number of alkyl halides is 3. The van der Waals surface area contributed by atoms with E-state index in [1.807, 2.05) is 50.2 Å². The molecule has 10 heteroatoms. The number of anilines is 2. The van der Waals surface area contributed by atoms with Crippen molar-refractivity contribution in [2.24, 2.45) is 5.92 Å². The number of piperidine rings is 1. The lowest BCUT2D eigenvalue weighted by atomic mass is 9.89. The Bertz CT molecular complexity index is 1360. The van der Waals surface area contributed by atoms with Crippen LogP contribution in [0.4, 0.5) is 24.5 Å². The molecule has 0 spiro atoms. The summed E-state index contributed by atoms with van der Waals surface area (Å²) in [5.41, 5.74) is 2.41. The second kappa shape index (κ2) is 15.9. The van der Waals surface area contributed by atoms with Crippen LogP contribution in [0.3, 0.4) is 0 Å². The Morgan fingerprint density at radius 1 is 0.930 bits per heavy atom. The average Bonchev–Trinajstić information content (AvgIpc) is 3.33. The normalized spacial score (nSPS) is 20.7. The number of fused-ring (bicyclic) bond motifs is 3. The van der Waals surface area contributed by atoms with Crippen molar-refractivity contribution in [3.8, 4) is 17.6 Å². The zero-order valence-corrected chi connectivity index (χ0v) is 25.3. The zero-order chi connectivity index (χ0) is 30.7. The molecule has 2 aliphatic rings. The van der Waals surface area contributed by atoms with Crippen molar-refractivity contribution in [3.05, 3.63) is 54.2 Å². The number of hydrogen-bond acceptors (Lipinski definition) is 6. The fourth-order valence-electron chi connectivity index (χ4n) is 5.54. The molecule has 2 aromatic carbocycles. The van der Waals surface area contributed by atoms with Crippen molar-refractivity contribution in [2.45, 2.75) is 45.5 Å². The van der Waals surface area contributed by atoms with E-state index in [0.717, 1.165) is 42.7 Å². The number of likely N-dealkylation sites (tertiary alicyclic amines) is 1. The molecule has 0 radical (unpaired) electrons. The summed E-state index contributed by atoms with van der Waals surface area (Å²) in [5.74, 6) is 6.99. The minimum absolute atomic E-state index is 0.177. The summed E-state index contributed by atoms with van der Waals surface area (Å²) in [4.78, 5) is 2.32. The van der Waals surface area contributed by atoms with E-state index in [4.69, 9.17) is 14.2 Å².